The van der Waals surface area contributed by atoms with E-state index in [0.717, 1.165) is 38.6 Å². The number of nitrogens with one attached hydrogen (secondary N) is 1. The first-order chi connectivity index (χ1) is 6.27. The summed E-state index contributed by atoms with van der Waals surface area (Å²) in [6.45, 7) is 0.725. The van der Waals surface area contributed by atoms with Crippen LogP contribution in [-0.4, -0.2) is 24.0 Å². The van der Waals surface area contributed by atoms with E-state index in [-0.39, 0.29) is 6.42 Å². The summed E-state index contributed by atoms with van der Waals surface area (Å²) < 4.78 is 0. The number of aliphatic carboxylic acids is 1. The van der Waals surface area contributed by atoms with E-state index in [4.69, 9.17) is 5.11 Å². The maximum absolute atomic E-state index is 10.1. The number of rotatable bonds is 9. The lowest BCUT2D eigenvalue weighted by Gasteiger charge is -1.99. The Hall–Kier alpha value is -1.06. The van der Waals surface area contributed by atoms with Crippen LogP contribution in [0.3, 0.4) is 0 Å². The molecule has 1 amide bonds. The molecular formula is C9H17NO3. The molecule has 0 rings (SSSR count). The van der Waals surface area contributed by atoms with Gasteiger partial charge in [0.25, 0.3) is 0 Å². The molecule has 0 aromatic carbocycles. The number of carboxylic acid groups (broad SMARTS) is 1. The highest BCUT2D eigenvalue weighted by Gasteiger charge is 1.95. The minimum atomic E-state index is -0.720. The number of amides is 1. The number of carboxylic acids is 1. The van der Waals surface area contributed by atoms with Gasteiger partial charge in [-0.3, -0.25) is 9.59 Å². The van der Waals surface area contributed by atoms with Crippen molar-refractivity contribution in [1.29, 1.82) is 0 Å². The second-order valence-corrected chi connectivity index (χ2v) is 2.98. The molecule has 4 heteroatoms. The lowest BCUT2D eigenvalue weighted by atomic mass is 10.1. The standard InChI is InChI=1S/C9H17NO3/c11-8-10-7-5-3-1-2-4-6-9(12)13/h8H,1-7H2,(H,10,11)(H,12,13). The van der Waals surface area contributed by atoms with Gasteiger partial charge in [0.05, 0.1) is 0 Å². The van der Waals surface area contributed by atoms with Gasteiger partial charge in [-0.25, -0.2) is 0 Å². The number of carbonyl (C=O) groups excluding carboxylic acids is 1. The van der Waals surface area contributed by atoms with Gasteiger partial charge in [-0.05, 0) is 12.8 Å². The summed E-state index contributed by atoms with van der Waals surface area (Å²) >= 11 is 0. The van der Waals surface area contributed by atoms with Crippen LogP contribution in [-0.2, 0) is 9.59 Å². The molecule has 76 valence electrons. The van der Waals surface area contributed by atoms with Crippen molar-refractivity contribution in [2.75, 3.05) is 6.54 Å². The third-order valence-corrected chi connectivity index (χ3v) is 1.80. The number of hydrogen-bond acceptors (Lipinski definition) is 2. The Kier molecular flexibility index (Phi) is 8.30. The third kappa shape index (κ3) is 10.9. The highest BCUT2D eigenvalue weighted by molar-refractivity contribution is 5.66. The summed E-state index contributed by atoms with van der Waals surface area (Å²) in [4.78, 5) is 20.0. The Morgan fingerprint density at radius 2 is 1.77 bits per heavy atom. The Morgan fingerprint density at radius 3 is 2.38 bits per heavy atom. The van der Waals surface area contributed by atoms with Gasteiger partial charge < -0.3 is 10.4 Å². The molecule has 13 heavy (non-hydrogen) atoms. The molecule has 4 nitrogen and oxygen atoms in total. The lowest BCUT2D eigenvalue weighted by molar-refractivity contribution is -0.137. The smallest absolute Gasteiger partial charge is 0.303 e. The van der Waals surface area contributed by atoms with E-state index in [1.165, 1.54) is 0 Å². The summed E-state index contributed by atoms with van der Waals surface area (Å²) in [5, 5.41) is 10.9. The van der Waals surface area contributed by atoms with E-state index in [1.807, 2.05) is 0 Å². The normalized spacial score (nSPS) is 9.54. The molecule has 0 heterocycles. The molecule has 0 spiro atoms. The molecule has 0 fully saturated rings. The Balaban J connectivity index is 2.91. The molecule has 0 bridgehead atoms. The van der Waals surface area contributed by atoms with Gasteiger partial charge in [0.15, 0.2) is 0 Å². The van der Waals surface area contributed by atoms with Crippen LogP contribution >= 0.6 is 0 Å². The summed E-state index contributed by atoms with van der Waals surface area (Å²) in [6.07, 6.45) is 5.78. The van der Waals surface area contributed by atoms with E-state index in [2.05, 4.69) is 5.32 Å². The molecule has 0 saturated carbocycles. The average Bonchev–Trinajstić information content (AvgIpc) is 2.09. The van der Waals surface area contributed by atoms with Crippen molar-refractivity contribution >= 4 is 12.4 Å². The molecule has 0 aromatic rings. The first-order valence-electron chi connectivity index (χ1n) is 4.66. The minimum Gasteiger partial charge on any atom is -0.481 e. The zero-order chi connectivity index (χ0) is 9.94. The molecule has 0 aliphatic rings. The molecule has 0 saturated heterocycles. The fourth-order valence-electron chi connectivity index (χ4n) is 1.09. The summed E-state index contributed by atoms with van der Waals surface area (Å²) in [5.74, 6) is -0.720. The maximum Gasteiger partial charge on any atom is 0.303 e. The van der Waals surface area contributed by atoms with Crippen LogP contribution in [0, 0.1) is 0 Å². The van der Waals surface area contributed by atoms with Crippen molar-refractivity contribution in [3.05, 3.63) is 0 Å². The van der Waals surface area contributed by atoms with Crippen LogP contribution in [0.4, 0.5) is 0 Å². The topological polar surface area (TPSA) is 66.4 Å². The molecule has 0 aliphatic heterocycles. The highest BCUT2D eigenvalue weighted by atomic mass is 16.4. The fraction of sp³-hybridized carbons (Fsp3) is 0.778. The van der Waals surface area contributed by atoms with Crippen LogP contribution in [0.25, 0.3) is 0 Å². The van der Waals surface area contributed by atoms with E-state index in [0.29, 0.717) is 6.41 Å². The van der Waals surface area contributed by atoms with Gasteiger partial charge in [-0.15, -0.1) is 0 Å². The van der Waals surface area contributed by atoms with Crippen molar-refractivity contribution in [2.45, 2.75) is 38.5 Å². The van der Waals surface area contributed by atoms with Gasteiger partial charge >= 0.3 is 5.97 Å². The highest BCUT2D eigenvalue weighted by Crippen LogP contribution is 2.04. The largest absolute Gasteiger partial charge is 0.481 e. The molecule has 0 aromatic heterocycles. The van der Waals surface area contributed by atoms with E-state index < -0.39 is 5.97 Å². The first-order valence-corrected chi connectivity index (χ1v) is 4.66. The molecule has 0 aliphatic carbocycles. The van der Waals surface area contributed by atoms with Crippen LogP contribution in [0.15, 0.2) is 0 Å². The lowest BCUT2D eigenvalue weighted by Crippen LogP contribution is -2.11. The van der Waals surface area contributed by atoms with Crippen molar-refractivity contribution in [3.8, 4) is 0 Å². The van der Waals surface area contributed by atoms with E-state index in [1.54, 1.807) is 0 Å². The van der Waals surface area contributed by atoms with Gasteiger partial charge in [0.1, 0.15) is 0 Å². The Bertz CT molecular complexity index is 148. The summed E-state index contributed by atoms with van der Waals surface area (Å²) in [7, 11) is 0. The van der Waals surface area contributed by atoms with Crippen LogP contribution in [0.2, 0.25) is 0 Å². The fourth-order valence-corrected chi connectivity index (χ4v) is 1.09. The zero-order valence-electron chi connectivity index (χ0n) is 7.79. The summed E-state index contributed by atoms with van der Waals surface area (Å²) in [5.41, 5.74) is 0. The van der Waals surface area contributed by atoms with Crippen LogP contribution in [0.1, 0.15) is 38.5 Å². The zero-order valence-corrected chi connectivity index (χ0v) is 7.79. The first kappa shape index (κ1) is 11.9. The molecular weight excluding hydrogens is 170 g/mol. The SMILES string of the molecule is O=CNCCCCCCCC(=O)O. The van der Waals surface area contributed by atoms with Crippen molar-refractivity contribution < 1.29 is 14.7 Å². The van der Waals surface area contributed by atoms with Gasteiger partial charge in [0, 0.05) is 13.0 Å². The summed E-state index contributed by atoms with van der Waals surface area (Å²) in [6, 6.07) is 0. The second-order valence-electron chi connectivity index (χ2n) is 2.98. The monoisotopic (exact) mass is 187 g/mol. The van der Waals surface area contributed by atoms with E-state index in [9.17, 15) is 9.59 Å². The molecule has 2 N–H and O–H groups in total. The van der Waals surface area contributed by atoms with Crippen LogP contribution < -0.4 is 5.32 Å². The third-order valence-electron chi connectivity index (χ3n) is 1.80. The predicted octanol–water partition coefficient (Wildman–Crippen LogP) is 1.16. The minimum absolute atomic E-state index is 0.270. The van der Waals surface area contributed by atoms with Crippen molar-refractivity contribution in [1.82, 2.24) is 5.32 Å². The number of hydrogen-bond donors (Lipinski definition) is 2. The Labute approximate surface area is 78.3 Å². The molecule has 0 unspecified atom stereocenters. The van der Waals surface area contributed by atoms with Crippen LogP contribution in [0.5, 0.6) is 0 Å². The van der Waals surface area contributed by atoms with Crippen molar-refractivity contribution in [2.24, 2.45) is 0 Å². The van der Waals surface area contributed by atoms with Gasteiger partial charge in [-0.2, -0.15) is 0 Å². The van der Waals surface area contributed by atoms with E-state index >= 15 is 0 Å². The number of unbranched alkanes of at least 4 members (excludes halogenated alkanes) is 4. The quantitative estimate of drug-likeness (QED) is 0.420. The van der Waals surface area contributed by atoms with Gasteiger partial charge in [0.2, 0.25) is 6.41 Å². The molecule has 0 atom stereocenters. The maximum atomic E-state index is 10.1. The Morgan fingerprint density at radius 1 is 1.15 bits per heavy atom. The van der Waals surface area contributed by atoms with Gasteiger partial charge in [-0.1, -0.05) is 19.3 Å². The predicted molar refractivity (Wildman–Crippen MR) is 49.4 cm³/mol. The number of carbonyl (C=O) groups is 2. The van der Waals surface area contributed by atoms with Crippen molar-refractivity contribution in [3.63, 3.8) is 0 Å². The average molecular weight is 187 g/mol. The molecule has 0 radical (unpaired) electrons. The second kappa shape index (κ2) is 9.03.